The van der Waals surface area contributed by atoms with Gasteiger partial charge in [0.1, 0.15) is 12.1 Å². The van der Waals surface area contributed by atoms with Gasteiger partial charge in [-0.15, -0.1) is 13.2 Å². The Balaban J connectivity index is 2.32. The molecule has 0 amide bonds. The van der Waals surface area contributed by atoms with E-state index in [2.05, 4.69) is 28.2 Å². The minimum absolute atomic E-state index is 0.138. The van der Waals surface area contributed by atoms with Gasteiger partial charge < -0.3 is 5.11 Å². The second-order valence-corrected chi connectivity index (χ2v) is 6.20. The standard InChI is InChI=1S/C12H15N5O3S/c1-3-5-16(6-4-2)21(19,20)8-10-7-11(18)17-12(15-10)13-9-14-17/h3-4,7,9,18H,1-2,5-6,8H2. The summed E-state index contributed by atoms with van der Waals surface area (Å²) in [6, 6.07) is 1.25. The van der Waals surface area contributed by atoms with Crippen LogP contribution in [0, 0.1) is 0 Å². The van der Waals surface area contributed by atoms with Crippen molar-refractivity contribution in [3.05, 3.63) is 43.4 Å². The van der Waals surface area contributed by atoms with Crippen LogP contribution in [0.25, 0.3) is 5.78 Å². The second kappa shape index (κ2) is 6.02. The lowest BCUT2D eigenvalue weighted by Crippen LogP contribution is -2.32. The van der Waals surface area contributed by atoms with Crippen LogP contribution >= 0.6 is 0 Å². The molecule has 1 N–H and O–H groups in total. The third kappa shape index (κ3) is 3.26. The van der Waals surface area contributed by atoms with Crippen molar-refractivity contribution in [3.63, 3.8) is 0 Å². The Morgan fingerprint density at radius 1 is 1.33 bits per heavy atom. The van der Waals surface area contributed by atoms with Crippen LogP contribution in [-0.2, 0) is 15.8 Å². The second-order valence-electron chi connectivity index (χ2n) is 4.23. The maximum Gasteiger partial charge on any atom is 0.255 e. The Hall–Kier alpha value is -2.26. The normalized spacial score (nSPS) is 11.9. The predicted octanol–water partition coefficient (Wildman–Crippen LogP) is 0.334. The van der Waals surface area contributed by atoms with Gasteiger partial charge in [0.15, 0.2) is 0 Å². The number of nitrogens with zero attached hydrogens (tertiary/aromatic N) is 5. The number of aromatic nitrogens is 4. The maximum atomic E-state index is 12.3. The zero-order chi connectivity index (χ0) is 15.5. The third-order valence-corrected chi connectivity index (χ3v) is 4.42. The van der Waals surface area contributed by atoms with Gasteiger partial charge in [-0.3, -0.25) is 0 Å². The van der Waals surface area contributed by atoms with Crippen LogP contribution in [0.4, 0.5) is 0 Å². The van der Waals surface area contributed by atoms with Crippen LogP contribution in [0.3, 0.4) is 0 Å². The fraction of sp³-hybridized carbons (Fsp3) is 0.250. The SMILES string of the molecule is C=CCN(CC=C)S(=O)(=O)Cc1cc(O)n2ncnc2n1. The fourth-order valence-corrected chi connectivity index (χ4v) is 3.16. The Bertz CT molecular complexity index is 758. The van der Waals surface area contributed by atoms with E-state index in [1.165, 1.54) is 28.9 Å². The molecule has 2 aromatic rings. The summed E-state index contributed by atoms with van der Waals surface area (Å²) in [4.78, 5) is 7.88. The molecule has 2 heterocycles. The zero-order valence-corrected chi connectivity index (χ0v) is 12.1. The van der Waals surface area contributed by atoms with Gasteiger partial charge in [0, 0.05) is 19.2 Å². The summed E-state index contributed by atoms with van der Waals surface area (Å²) in [6.07, 6.45) is 4.21. The van der Waals surface area contributed by atoms with Gasteiger partial charge >= 0.3 is 0 Å². The van der Waals surface area contributed by atoms with Crippen molar-refractivity contribution >= 4 is 15.8 Å². The molecule has 0 aliphatic heterocycles. The van der Waals surface area contributed by atoms with E-state index in [4.69, 9.17) is 0 Å². The molecular weight excluding hydrogens is 294 g/mol. The minimum atomic E-state index is -3.61. The predicted molar refractivity (Wildman–Crippen MR) is 77.0 cm³/mol. The summed E-state index contributed by atoms with van der Waals surface area (Å²) in [5.74, 6) is -0.438. The number of hydrogen-bond acceptors (Lipinski definition) is 6. The van der Waals surface area contributed by atoms with Crippen molar-refractivity contribution in [2.45, 2.75) is 5.75 Å². The van der Waals surface area contributed by atoms with E-state index < -0.39 is 10.0 Å². The Morgan fingerprint density at radius 3 is 2.62 bits per heavy atom. The summed E-state index contributed by atoms with van der Waals surface area (Å²) in [7, 11) is -3.61. The molecule has 0 bridgehead atoms. The van der Waals surface area contributed by atoms with Crippen LogP contribution in [0.1, 0.15) is 5.69 Å². The lowest BCUT2D eigenvalue weighted by Gasteiger charge is -2.18. The monoisotopic (exact) mass is 309 g/mol. The molecule has 112 valence electrons. The summed E-state index contributed by atoms with van der Waals surface area (Å²) < 4.78 is 27.0. The highest BCUT2D eigenvalue weighted by Crippen LogP contribution is 2.15. The largest absolute Gasteiger partial charge is 0.493 e. The molecule has 9 heteroatoms. The first-order chi connectivity index (χ1) is 9.97. The molecule has 21 heavy (non-hydrogen) atoms. The van der Waals surface area contributed by atoms with Crippen LogP contribution in [0.5, 0.6) is 5.88 Å². The van der Waals surface area contributed by atoms with Crippen LogP contribution in [-0.4, -0.2) is 50.5 Å². The smallest absolute Gasteiger partial charge is 0.255 e. The van der Waals surface area contributed by atoms with E-state index >= 15 is 0 Å². The molecule has 0 unspecified atom stereocenters. The molecule has 0 aliphatic rings. The number of rotatable bonds is 7. The molecule has 0 aromatic carbocycles. The Labute approximate surface area is 122 Å². The molecule has 2 aromatic heterocycles. The fourth-order valence-electron chi connectivity index (χ4n) is 1.79. The van der Waals surface area contributed by atoms with Crippen molar-refractivity contribution in [3.8, 4) is 5.88 Å². The molecule has 0 atom stereocenters. The van der Waals surface area contributed by atoms with Gasteiger partial charge in [0.05, 0.1) is 5.69 Å². The average molecular weight is 309 g/mol. The molecule has 0 aliphatic carbocycles. The van der Waals surface area contributed by atoms with E-state index in [0.717, 1.165) is 4.52 Å². The molecule has 0 spiro atoms. The first kappa shape index (κ1) is 15.1. The first-order valence-corrected chi connectivity index (χ1v) is 7.67. The first-order valence-electron chi connectivity index (χ1n) is 6.06. The van der Waals surface area contributed by atoms with Crippen LogP contribution in [0.2, 0.25) is 0 Å². The summed E-state index contributed by atoms with van der Waals surface area (Å²) in [5.41, 5.74) is 0.186. The molecular formula is C12H15N5O3S. The summed E-state index contributed by atoms with van der Waals surface area (Å²) in [6.45, 7) is 7.42. The molecule has 0 radical (unpaired) electrons. The van der Waals surface area contributed by atoms with E-state index in [9.17, 15) is 13.5 Å². The van der Waals surface area contributed by atoms with Gasteiger partial charge in [-0.05, 0) is 0 Å². The van der Waals surface area contributed by atoms with Gasteiger partial charge in [-0.25, -0.2) is 13.4 Å². The number of hydrogen-bond donors (Lipinski definition) is 1. The van der Waals surface area contributed by atoms with Gasteiger partial charge in [0.25, 0.3) is 5.78 Å². The van der Waals surface area contributed by atoms with Crippen molar-refractivity contribution < 1.29 is 13.5 Å². The molecule has 8 nitrogen and oxygen atoms in total. The Morgan fingerprint density at radius 2 is 2.00 bits per heavy atom. The van der Waals surface area contributed by atoms with E-state index in [-0.39, 0.29) is 36.2 Å². The van der Waals surface area contributed by atoms with Crippen molar-refractivity contribution in [2.24, 2.45) is 0 Å². The number of fused-ring (bicyclic) bond motifs is 1. The maximum absolute atomic E-state index is 12.3. The number of aromatic hydroxyl groups is 1. The summed E-state index contributed by atoms with van der Waals surface area (Å²) in [5, 5.41) is 13.5. The third-order valence-electron chi connectivity index (χ3n) is 2.68. The van der Waals surface area contributed by atoms with E-state index in [1.807, 2.05) is 0 Å². The van der Waals surface area contributed by atoms with Gasteiger partial charge in [-0.2, -0.15) is 18.9 Å². The molecule has 0 fully saturated rings. The number of sulfonamides is 1. The average Bonchev–Trinajstić information content (AvgIpc) is 2.86. The van der Waals surface area contributed by atoms with Crippen molar-refractivity contribution in [1.29, 1.82) is 0 Å². The molecule has 0 saturated heterocycles. The van der Waals surface area contributed by atoms with Gasteiger partial charge in [0.2, 0.25) is 15.9 Å². The minimum Gasteiger partial charge on any atom is -0.493 e. The van der Waals surface area contributed by atoms with Crippen LogP contribution in [0.15, 0.2) is 37.7 Å². The highest BCUT2D eigenvalue weighted by Gasteiger charge is 2.22. The topological polar surface area (TPSA) is 101 Å². The van der Waals surface area contributed by atoms with E-state index in [1.54, 1.807) is 0 Å². The highest BCUT2D eigenvalue weighted by molar-refractivity contribution is 7.88. The lowest BCUT2D eigenvalue weighted by molar-refractivity contribution is 0.434. The molecule has 0 saturated carbocycles. The van der Waals surface area contributed by atoms with Crippen LogP contribution < -0.4 is 0 Å². The summed E-state index contributed by atoms with van der Waals surface area (Å²) >= 11 is 0. The quantitative estimate of drug-likeness (QED) is 0.740. The van der Waals surface area contributed by atoms with Gasteiger partial charge in [-0.1, -0.05) is 12.2 Å². The zero-order valence-electron chi connectivity index (χ0n) is 11.3. The Kier molecular flexibility index (Phi) is 4.34. The highest BCUT2D eigenvalue weighted by atomic mass is 32.2. The van der Waals surface area contributed by atoms with Crippen molar-refractivity contribution in [1.82, 2.24) is 23.9 Å². The lowest BCUT2D eigenvalue weighted by atomic mass is 10.4. The van der Waals surface area contributed by atoms with E-state index in [0.29, 0.717) is 0 Å². The van der Waals surface area contributed by atoms with Crippen molar-refractivity contribution in [2.75, 3.05) is 13.1 Å². The molecule has 2 rings (SSSR count).